The van der Waals surface area contributed by atoms with Crippen molar-refractivity contribution in [3.8, 4) is 5.88 Å². The Kier molecular flexibility index (Phi) is 6.55. The molecule has 2 aromatic heterocycles. The molecule has 1 saturated heterocycles. The molecule has 5 rings (SSSR count). The van der Waals surface area contributed by atoms with Gasteiger partial charge in [-0.2, -0.15) is 9.67 Å². The van der Waals surface area contributed by atoms with Gasteiger partial charge < -0.3 is 19.0 Å². The third kappa shape index (κ3) is 4.95. The number of para-hydroxylation sites is 1. The van der Waals surface area contributed by atoms with Crippen molar-refractivity contribution in [3.05, 3.63) is 70.6 Å². The molecule has 0 bridgehead atoms. The number of benzene rings is 2. The number of piperazine rings is 1. The number of hydrogen-bond donors (Lipinski definition) is 1. The monoisotopic (exact) mass is 477 g/mol. The minimum absolute atomic E-state index is 0.164. The first-order chi connectivity index (χ1) is 16.6. The first-order valence-corrected chi connectivity index (χ1v) is 12.1. The Bertz CT molecular complexity index is 1330. The SMILES string of the molecule is CCc1nc(OCc2nn(C[NH+]3CCN(c4ccc(C)cc4)CC3)c(=S)o2)c2ccccc2n1. The van der Waals surface area contributed by atoms with E-state index in [1.165, 1.54) is 16.2 Å². The molecule has 0 aliphatic carbocycles. The van der Waals surface area contributed by atoms with E-state index in [-0.39, 0.29) is 6.61 Å². The highest BCUT2D eigenvalue weighted by Crippen LogP contribution is 2.23. The van der Waals surface area contributed by atoms with E-state index in [2.05, 4.69) is 51.2 Å². The van der Waals surface area contributed by atoms with Crippen LogP contribution in [-0.2, 0) is 19.7 Å². The maximum absolute atomic E-state index is 6.00. The van der Waals surface area contributed by atoms with Gasteiger partial charge in [0.15, 0.2) is 13.3 Å². The maximum atomic E-state index is 6.00. The first-order valence-electron chi connectivity index (χ1n) is 11.7. The number of ether oxygens (including phenoxy) is 1. The Hall–Kier alpha value is -3.30. The average molecular weight is 478 g/mol. The standard InChI is InChI=1S/C25H28N6O2S/c1-3-22-26-21-7-5-4-6-20(21)24(27-22)32-16-23-28-31(25(34)33-23)17-29-12-14-30(15-13-29)19-10-8-18(2)9-11-19/h4-11H,3,12-17H2,1-2H3/p+1. The Labute approximate surface area is 203 Å². The Balaban J connectivity index is 1.21. The van der Waals surface area contributed by atoms with E-state index in [1.807, 2.05) is 31.2 Å². The van der Waals surface area contributed by atoms with Gasteiger partial charge in [-0.15, -0.1) is 5.10 Å². The number of fused-ring (bicyclic) bond motifs is 1. The molecule has 176 valence electrons. The van der Waals surface area contributed by atoms with Crippen molar-refractivity contribution in [2.24, 2.45) is 0 Å². The van der Waals surface area contributed by atoms with E-state index in [0.29, 0.717) is 23.3 Å². The van der Waals surface area contributed by atoms with Gasteiger partial charge in [0, 0.05) is 12.1 Å². The molecule has 4 aromatic rings. The average Bonchev–Trinajstić information content (AvgIpc) is 3.22. The van der Waals surface area contributed by atoms with Gasteiger partial charge in [-0.05, 0) is 43.4 Å². The molecule has 0 spiro atoms. The second-order valence-corrected chi connectivity index (χ2v) is 8.95. The number of aryl methyl sites for hydroxylation is 2. The molecule has 8 nitrogen and oxygen atoms in total. The van der Waals surface area contributed by atoms with Crippen LogP contribution in [0.15, 0.2) is 52.9 Å². The van der Waals surface area contributed by atoms with Crippen molar-refractivity contribution in [3.63, 3.8) is 0 Å². The summed E-state index contributed by atoms with van der Waals surface area (Å²) in [5.74, 6) is 1.73. The predicted molar refractivity (Wildman–Crippen MR) is 133 cm³/mol. The highest BCUT2D eigenvalue weighted by atomic mass is 32.1. The third-order valence-corrected chi connectivity index (χ3v) is 6.45. The number of nitrogens with zero attached hydrogens (tertiary/aromatic N) is 5. The molecule has 0 atom stereocenters. The van der Waals surface area contributed by atoms with Crippen LogP contribution >= 0.6 is 12.2 Å². The first kappa shape index (κ1) is 22.5. The third-order valence-electron chi connectivity index (χ3n) is 6.15. The molecule has 9 heteroatoms. The Morgan fingerprint density at radius 2 is 1.82 bits per heavy atom. The van der Waals surface area contributed by atoms with E-state index in [4.69, 9.17) is 21.4 Å². The summed E-state index contributed by atoms with van der Waals surface area (Å²) in [5, 5.41) is 5.44. The molecule has 1 aliphatic rings. The number of quaternary nitrogens is 1. The van der Waals surface area contributed by atoms with Gasteiger partial charge in [-0.3, -0.25) is 0 Å². The number of anilines is 1. The van der Waals surface area contributed by atoms with Gasteiger partial charge in [0.05, 0.1) is 37.1 Å². The highest BCUT2D eigenvalue weighted by Gasteiger charge is 2.22. The lowest BCUT2D eigenvalue weighted by Gasteiger charge is -2.33. The highest BCUT2D eigenvalue weighted by molar-refractivity contribution is 7.71. The molecular weight excluding hydrogens is 448 g/mol. The predicted octanol–water partition coefficient (Wildman–Crippen LogP) is 2.96. The minimum Gasteiger partial charge on any atom is -0.467 e. The van der Waals surface area contributed by atoms with Gasteiger partial charge in [0.25, 0.3) is 10.7 Å². The van der Waals surface area contributed by atoms with Crippen molar-refractivity contribution in [2.75, 3.05) is 31.1 Å². The zero-order valence-corrected chi connectivity index (χ0v) is 20.3. The number of hydrogen-bond acceptors (Lipinski definition) is 7. The van der Waals surface area contributed by atoms with Crippen molar-refractivity contribution < 1.29 is 14.1 Å². The molecule has 1 fully saturated rings. The summed E-state index contributed by atoms with van der Waals surface area (Å²) < 4.78 is 13.5. The van der Waals surface area contributed by atoms with Crippen LogP contribution in [-0.4, -0.2) is 45.9 Å². The molecule has 1 N–H and O–H groups in total. The zero-order valence-electron chi connectivity index (χ0n) is 19.5. The van der Waals surface area contributed by atoms with Crippen LogP contribution in [0.1, 0.15) is 24.2 Å². The van der Waals surface area contributed by atoms with Gasteiger partial charge in [0.2, 0.25) is 5.88 Å². The van der Waals surface area contributed by atoms with E-state index in [1.54, 1.807) is 4.68 Å². The van der Waals surface area contributed by atoms with Crippen LogP contribution in [0.4, 0.5) is 5.69 Å². The lowest BCUT2D eigenvalue weighted by molar-refractivity contribution is -0.924. The number of aromatic nitrogens is 4. The van der Waals surface area contributed by atoms with E-state index in [0.717, 1.165) is 49.3 Å². The quantitative estimate of drug-likeness (QED) is 0.410. The molecular formula is C25H29N6O2S+. The normalized spacial score (nSPS) is 14.6. The topological polar surface area (TPSA) is 73.7 Å². The second-order valence-electron chi connectivity index (χ2n) is 8.60. The summed E-state index contributed by atoms with van der Waals surface area (Å²) in [6.45, 7) is 9.02. The summed E-state index contributed by atoms with van der Waals surface area (Å²) in [5.41, 5.74) is 3.43. The van der Waals surface area contributed by atoms with Crippen LogP contribution in [0, 0.1) is 11.8 Å². The largest absolute Gasteiger partial charge is 0.467 e. The van der Waals surface area contributed by atoms with Crippen LogP contribution in [0.5, 0.6) is 5.88 Å². The lowest BCUT2D eigenvalue weighted by Crippen LogP contribution is -3.14. The van der Waals surface area contributed by atoms with Crippen LogP contribution < -0.4 is 14.5 Å². The molecule has 2 aromatic carbocycles. The lowest BCUT2D eigenvalue weighted by atomic mass is 10.2. The summed E-state index contributed by atoms with van der Waals surface area (Å²) in [4.78, 5) is 13.3. The second kappa shape index (κ2) is 9.90. The summed E-state index contributed by atoms with van der Waals surface area (Å²) in [7, 11) is 0. The van der Waals surface area contributed by atoms with E-state index in [9.17, 15) is 0 Å². The fraction of sp³-hybridized carbons (Fsp3) is 0.360. The van der Waals surface area contributed by atoms with Gasteiger partial charge in [-0.25, -0.2) is 4.98 Å². The maximum Gasteiger partial charge on any atom is 0.291 e. The van der Waals surface area contributed by atoms with E-state index >= 15 is 0 Å². The molecule has 0 unspecified atom stereocenters. The van der Waals surface area contributed by atoms with Gasteiger partial charge >= 0.3 is 0 Å². The van der Waals surface area contributed by atoms with Crippen LogP contribution in [0.25, 0.3) is 10.9 Å². The molecule has 0 saturated carbocycles. The minimum atomic E-state index is 0.164. The Morgan fingerprint density at radius 3 is 2.59 bits per heavy atom. The zero-order chi connectivity index (χ0) is 23.5. The van der Waals surface area contributed by atoms with Crippen LogP contribution in [0.3, 0.4) is 0 Å². The number of rotatable bonds is 7. The molecule has 34 heavy (non-hydrogen) atoms. The van der Waals surface area contributed by atoms with Crippen molar-refractivity contribution >= 4 is 28.8 Å². The summed E-state index contributed by atoms with van der Waals surface area (Å²) >= 11 is 5.43. The molecule has 3 heterocycles. The summed E-state index contributed by atoms with van der Waals surface area (Å²) in [6, 6.07) is 16.6. The van der Waals surface area contributed by atoms with Gasteiger partial charge in [0.1, 0.15) is 5.82 Å². The van der Waals surface area contributed by atoms with Crippen molar-refractivity contribution in [1.82, 2.24) is 19.7 Å². The van der Waals surface area contributed by atoms with Crippen LogP contribution in [0.2, 0.25) is 0 Å². The molecule has 0 radical (unpaired) electrons. The fourth-order valence-electron chi connectivity index (χ4n) is 4.21. The van der Waals surface area contributed by atoms with E-state index < -0.39 is 0 Å². The van der Waals surface area contributed by atoms with Crippen molar-refractivity contribution in [1.29, 1.82) is 0 Å². The summed E-state index contributed by atoms with van der Waals surface area (Å²) in [6.07, 6.45) is 0.733. The fourth-order valence-corrected chi connectivity index (χ4v) is 4.41. The number of nitrogens with one attached hydrogen (secondary N) is 1. The molecule has 0 amide bonds. The molecule has 1 aliphatic heterocycles. The van der Waals surface area contributed by atoms with Crippen molar-refractivity contribution in [2.45, 2.75) is 33.5 Å². The smallest absolute Gasteiger partial charge is 0.291 e. The Morgan fingerprint density at radius 1 is 1.06 bits per heavy atom. The van der Waals surface area contributed by atoms with Gasteiger partial charge in [-0.1, -0.05) is 36.8 Å².